The molecule has 0 aliphatic rings. The highest BCUT2D eigenvalue weighted by molar-refractivity contribution is 5.77. The van der Waals surface area contributed by atoms with Gasteiger partial charge in [-0.3, -0.25) is 9.59 Å². The monoisotopic (exact) mass is 898 g/mol. The highest BCUT2D eigenvalue weighted by Gasteiger charge is 2.24. The maximum Gasteiger partial charge on any atom is 0.306 e. The number of unbranched alkanes of at least 4 members (excludes halogenated alkanes) is 30. The topological polar surface area (TPSA) is 95.9 Å². The molecular weight excluding hydrogens is 791 g/mol. The van der Waals surface area contributed by atoms with Gasteiger partial charge in [0.25, 0.3) is 0 Å². The van der Waals surface area contributed by atoms with Crippen LogP contribution in [-0.2, 0) is 14.3 Å². The zero-order valence-electron chi connectivity index (χ0n) is 42.7. The Balaban J connectivity index is 4.62. The van der Waals surface area contributed by atoms with E-state index in [1.807, 2.05) is 0 Å². The standard InChI is InChI=1S/C58H107NO5/c1-4-7-10-13-16-19-22-24-26-28-30-32-34-36-39-42-45-48-51-58(63)64-54(49-46-43-40-37-35-33-31-29-27-25-23-20-17-14-11-8-5-2)52-57(62)59-55(53-60)56(61)50-47-44-41-38-21-18-15-12-9-6-3/h17,20,25,27,31,33,37,40,54-56,60-61H,4-16,18-19,21-24,26,28-30,32,34-36,38-39,41-53H2,1-3H3,(H,59,62)/b20-17-,27-25-,33-31-,40-37-. The molecule has 0 bridgehead atoms. The second-order valence-corrected chi connectivity index (χ2v) is 19.0. The van der Waals surface area contributed by atoms with Crippen LogP contribution < -0.4 is 5.32 Å². The summed E-state index contributed by atoms with van der Waals surface area (Å²) in [6.07, 6.45) is 63.3. The molecule has 0 aliphatic carbocycles. The van der Waals surface area contributed by atoms with Gasteiger partial charge in [0.15, 0.2) is 0 Å². The molecule has 0 aromatic carbocycles. The lowest BCUT2D eigenvalue weighted by molar-refractivity contribution is -0.151. The van der Waals surface area contributed by atoms with Crippen LogP contribution in [-0.4, -0.2) is 46.9 Å². The van der Waals surface area contributed by atoms with Crippen LogP contribution in [0.5, 0.6) is 0 Å². The van der Waals surface area contributed by atoms with Gasteiger partial charge in [0.05, 0.1) is 25.2 Å². The van der Waals surface area contributed by atoms with E-state index in [0.717, 1.165) is 70.6 Å². The second-order valence-electron chi connectivity index (χ2n) is 19.0. The van der Waals surface area contributed by atoms with Gasteiger partial charge in [-0.25, -0.2) is 0 Å². The number of hydrogen-bond acceptors (Lipinski definition) is 5. The Kier molecular flexibility index (Phi) is 50.0. The Morgan fingerprint density at radius 2 is 0.812 bits per heavy atom. The fraction of sp³-hybridized carbons (Fsp3) is 0.828. The summed E-state index contributed by atoms with van der Waals surface area (Å²) < 4.78 is 5.93. The lowest BCUT2D eigenvalue weighted by Gasteiger charge is -2.24. The van der Waals surface area contributed by atoms with Crippen molar-refractivity contribution in [3.8, 4) is 0 Å². The average Bonchev–Trinajstić information content (AvgIpc) is 3.29. The Labute approximate surface area is 397 Å². The minimum Gasteiger partial charge on any atom is -0.462 e. The summed E-state index contributed by atoms with van der Waals surface area (Å²) in [4.78, 5) is 26.2. The van der Waals surface area contributed by atoms with Gasteiger partial charge in [0.2, 0.25) is 5.91 Å². The summed E-state index contributed by atoms with van der Waals surface area (Å²) in [7, 11) is 0. The summed E-state index contributed by atoms with van der Waals surface area (Å²) in [6, 6.07) is -0.717. The van der Waals surface area contributed by atoms with Crippen molar-refractivity contribution in [2.45, 2.75) is 302 Å². The van der Waals surface area contributed by atoms with Crippen molar-refractivity contribution >= 4 is 11.9 Å². The van der Waals surface area contributed by atoms with E-state index in [0.29, 0.717) is 19.3 Å². The zero-order valence-corrected chi connectivity index (χ0v) is 42.7. The first kappa shape index (κ1) is 61.8. The second kappa shape index (κ2) is 51.8. The number of nitrogens with one attached hydrogen (secondary N) is 1. The molecule has 0 rings (SSSR count). The van der Waals surface area contributed by atoms with Crippen LogP contribution in [0.25, 0.3) is 0 Å². The molecule has 0 saturated heterocycles. The molecule has 3 N–H and O–H groups in total. The Bertz CT molecular complexity index is 1100. The molecule has 1 amide bonds. The lowest BCUT2D eigenvalue weighted by Crippen LogP contribution is -2.46. The number of esters is 1. The quantitative estimate of drug-likeness (QED) is 0.0321. The van der Waals surface area contributed by atoms with Crippen molar-refractivity contribution < 1.29 is 24.5 Å². The third-order valence-corrected chi connectivity index (χ3v) is 12.7. The lowest BCUT2D eigenvalue weighted by atomic mass is 10.0. The number of aliphatic hydroxyl groups excluding tert-OH is 2. The smallest absolute Gasteiger partial charge is 0.306 e. The number of aliphatic hydroxyl groups is 2. The zero-order chi connectivity index (χ0) is 46.7. The van der Waals surface area contributed by atoms with Gasteiger partial charge >= 0.3 is 5.97 Å². The predicted octanol–water partition coefficient (Wildman–Crippen LogP) is 17.0. The number of allylic oxidation sites excluding steroid dienone is 8. The molecule has 0 radical (unpaired) electrons. The molecule has 0 spiro atoms. The third kappa shape index (κ3) is 46.4. The molecule has 0 aromatic rings. The van der Waals surface area contributed by atoms with E-state index in [4.69, 9.17) is 4.74 Å². The maximum absolute atomic E-state index is 13.2. The number of carbonyl (C=O) groups is 2. The summed E-state index contributed by atoms with van der Waals surface area (Å²) >= 11 is 0. The van der Waals surface area contributed by atoms with Gasteiger partial charge in [-0.15, -0.1) is 0 Å². The first-order valence-electron chi connectivity index (χ1n) is 27.9. The van der Waals surface area contributed by atoms with Gasteiger partial charge in [0, 0.05) is 6.42 Å². The number of carbonyl (C=O) groups excluding carboxylic acids is 2. The average molecular weight is 898 g/mol. The molecule has 3 unspecified atom stereocenters. The minimum atomic E-state index is -0.800. The molecular formula is C58H107NO5. The fourth-order valence-corrected chi connectivity index (χ4v) is 8.42. The molecule has 0 saturated carbocycles. The highest BCUT2D eigenvalue weighted by atomic mass is 16.5. The first-order valence-corrected chi connectivity index (χ1v) is 27.9. The Morgan fingerprint density at radius 3 is 1.23 bits per heavy atom. The van der Waals surface area contributed by atoms with Gasteiger partial charge in [-0.1, -0.05) is 256 Å². The normalized spacial score (nSPS) is 13.5. The summed E-state index contributed by atoms with van der Waals surface area (Å²) in [6.45, 7) is 6.45. The highest BCUT2D eigenvalue weighted by Crippen LogP contribution is 2.18. The van der Waals surface area contributed by atoms with E-state index in [9.17, 15) is 19.8 Å². The summed E-state index contributed by atoms with van der Waals surface area (Å²) in [5.41, 5.74) is 0. The number of ether oxygens (including phenoxy) is 1. The van der Waals surface area contributed by atoms with Crippen LogP contribution in [0.2, 0.25) is 0 Å². The Morgan fingerprint density at radius 1 is 0.453 bits per heavy atom. The van der Waals surface area contributed by atoms with Crippen LogP contribution in [0.15, 0.2) is 48.6 Å². The number of hydrogen-bond donors (Lipinski definition) is 3. The fourth-order valence-electron chi connectivity index (χ4n) is 8.42. The van der Waals surface area contributed by atoms with Crippen molar-refractivity contribution in [2.75, 3.05) is 6.61 Å². The molecule has 64 heavy (non-hydrogen) atoms. The van der Waals surface area contributed by atoms with Crippen molar-refractivity contribution in [2.24, 2.45) is 0 Å². The molecule has 0 aromatic heterocycles. The molecule has 0 fully saturated rings. The predicted molar refractivity (Wildman–Crippen MR) is 278 cm³/mol. The van der Waals surface area contributed by atoms with E-state index in [-0.39, 0.29) is 24.9 Å². The van der Waals surface area contributed by atoms with Crippen molar-refractivity contribution in [3.05, 3.63) is 48.6 Å². The van der Waals surface area contributed by atoms with Crippen LogP contribution in [0.3, 0.4) is 0 Å². The van der Waals surface area contributed by atoms with Crippen LogP contribution >= 0.6 is 0 Å². The van der Waals surface area contributed by atoms with Gasteiger partial charge in [-0.2, -0.15) is 0 Å². The van der Waals surface area contributed by atoms with Crippen molar-refractivity contribution in [3.63, 3.8) is 0 Å². The number of amides is 1. The van der Waals surface area contributed by atoms with Crippen LogP contribution in [0, 0.1) is 0 Å². The van der Waals surface area contributed by atoms with E-state index < -0.39 is 18.2 Å². The van der Waals surface area contributed by atoms with Crippen LogP contribution in [0.1, 0.15) is 284 Å². The largest absolute Gasteiger partial charge is 0.462 e. The van der Waals surface area contributed by atoms with Gasteiger partial charge < -0.3 is 20.3 Å². The van der Waals surface area contributed by atoms with Crippen LogP contribution in [0.4, 0.5) is 0 Å². The van der Waals surface area contributed by atoms with Crippen molar-refractivity contribution in [1.82, 2.24) is 5.32 Å². The molecule has 0 aliphatic heterocycles. The Hall–Kier alpha value is -2.18. The maximum atomic E-state index is 13.2. The summed E-state index contributed by atoms with van der Waals surface area (Å²) in [5.74, 6) is -0.517. The molecule has 3 atom stereocenters. The van der Waals surface area contributed by atoms with Gasteiger partial charge in [-0.05, 0) is 64.2 Å². The minimum absolute atomic E-state index is 0.0426. The third-order valence-electron chi connectivity index (χ3n) is 12.7. The van der Waals surface area contributed by atoms with Gasteiger partial charge in [0.1, 0.15) is 6.10 Å². The first-order chi connectivity index (χ1) is 31.5. The summed E-state index contributed by atoms with van der Waals surface area (Å²) in [5, 5.41) is 23.7. The SMILES string of the molecule is CCCCC/C=C\C/C=C\C/C=C\C/C=C\CCCC(CC(=O)NC(CO)C(O)CCCCCCCCCCCC)OC(=O)CCCCCCCCCCCCCCCCCCCC. The molecule has 6 nitrogen and oxygen atoms in total. The van der Waals surface area contributed by atoms with E-state index in [1.165, 1.54) is 167 Å². The molecule has 6 heteroatoms. The molecule has 0 heterocycles. The van der Waals surface area contributed by atoms with E-state index >= 15 is 0 Å². The number of rotatable bonds is 50. The van der Waals surface area contributed by atoms with E-state index in [2.05, 4.69) is 74.7 Å². The van der Waals surface area contributed by atoms with Crippen molar-refractivity contribution in [1.29, 1.82) is 0 Å². The molecule has 374 valence electrons. The van der Waals surface area contributed by atoms with E-state index in [1.54, 1.807) is 0 Å².